The lowest BCUT2D eigenvalue weighted by Gasteiger charge is -2.14. The summed E-state index contributed by atoms with van der Waals surface area (Å²) in [6, 6.07) is 0. The Balaban J connectivity index is 3.78. The average Bonchev–Trinajstić information content (AvgIpc) is 2.04. The zero-order valence-corrected chi connectivity index (χ0v) is 8.13. The number of likely N-dealkylation sites (N-methyl/N-ethyl adjacent to an activating group) is 1. The minimum atomic E-state index is -0.412. The fraction of sp³-hybridized carbons (Fsp3) is 0.714. The molecule has 12 heavy (non-hydrogen) atoms. The molecule has 0 saturated heterocycles. The number of esters is 1. The van der Waals surface area contributed by atoms with Crippen LogP contribution in [-0.2, 0) is 14.3 Å². The van der Waals surface area contributed by atoms with Crippen LogP contribution in [0.4, 0.5) is 0 Å². The van der Waals surface area contributed by atoms with E-state index in [0.717, 1.165) is 0 Å². The van der Waals surface area contributed by atoms with E-state index in [0.29, 0.717) is 12.2 Å². The minimum absolute atomic E-state index is 0.00309. The lowest BCUT2D eigenvalue weighted by molar-refractivity contribution is -0.145. The molecule has 0 unspecified atom stereocenters. The molecule has 0 radical (unpaired) electrons. The van der Waals surface area contributed by atoms with Gasteiger partial charge in [-0.3, -0.25) is 9.59 Å². The average molecular weight is 191 g/mol. The second-order valence-corrected chi connectivity index (χ2v) is 2.75. The van der Waals surface area contributed by atoms with Gasteiger partial charge in [0.1, 0.15) is 6.54 Å². The summed E-state index contributed by atoms with van der Waals surface area (Å²) in [6.45, 7) is 0.00309. The van der Waals surface area contributed by atoms with Crippen LogP contribution in [0.1, 0.15) is 6.42 Å². The van der Waals surface area contributed by atoms with E-state index in [1.165, 1.54) is 12.0 Å². The van der Waals surface area contributed by atoms with Gasteiger partial charge in [-0.25, -0.2) is 0 Å². The van der Waals surface area contributed by atoms with Gasteiger partial charge in [0, 0.05) is 13.5 Å². The summed E-state index contributed by atoms with van der Waals surface area (Å²) in [7, 11) is 2.85. The maximum absolute atomic E-state index is 11.1. The molecule has 0 bridgehead atoms. The Labute approximate surface area is 77.3 Å². The quantitative estimate of drug-likeness (QED) is 0.500. The number of hydrogen-bond acceptors (Lipinski definition) is 4. The van der Waals surface area contributed by atoms with Crippen molar-refractivity contribution in [3.63, 3.8) is 0 Å². The molecular weight excluding hydrogens is 178 g/mol. The van der Waals surface area contributed by atoms with Crippen LogP contribution in [0.5, 0.6) is 0 Å². The second kappa shape index (κ2) is 5.88. The largest absolute Gasteiger partial charge is 0.468 e. The second-order valence-electron chi connectivity index (χ2n) is 2.30. The minimum Gasteiger partial charge on any atom is -0.468 e. The number of carbonyl (C=O) groups excluding carboxylic acids is 2. The number of amides is 1. The summed E-state index contributed by atoms with van der Waals surface area (Å²) in [5, 5.41) is 0. The summed E-state index contributed by atoms with van der Waals surface area (Å²) in [5.74, 6) is -0.0231. The molecule has 0 N–H and O–H groups in total. The summed E-state index contributed by atoms with van der Waals surface area (Å²) < 4.78 is 4.40. The highest BCUT2D eigenvalue weighted by molar-refractivity contribution is 7.80. The van der Waals surface area contributed by atoms with Gasteiger partial charge >= 0.3 is 5.97 Å². The summed E-state index contributed by atoms with van der Waals surface area (Å²) in [5.41, 5.74) is 0. The van der Waals surface area contributed by atoms with Gasteiger partial charge in [0.15, 0.2) is 0 Å². The van der Waals surface area contributed by atoms with E-state index in [9.17, 15) is 9.59 Å². The Morgan fingerprint density at radius 2 is 2.08 bits per heavy atom. The smallest absolute Gasteiger partial charge is 0.325 e. The molecular formula is C7H13NO3S. The molecule has 0 fully saturated rings. The summed E-state index contributed by atoms with van der Waals surface area (Å²) in [4.78, 5) is 23.1. The van der Waals surface area contributed by atoms with Crippen molar-refractivity contribution >= 4 is 24.5 Å². The van der Waals surface area contributed by atoms with Crippen LogP contribution < -0.4 is 0 Å². The van der Waals surface area contributed by atoms with Gasteiger partial charge in [0.2, 0.25) is 5.91 Å². The Morgan fingerprint density at radius 3 is 2.50 bits per heavy atom. The molecule has 0 aliphatic carbocycles. The van der Waals surface area contributed by atoms with Gasteiger partial charge in [-0.05, 0) is 5.75 Å². The number of hydrogen-bond donors (Lipinski definition) is 1. The monoisotopic (exact) mass is 191 g/mol. The van der Waals surface area contributed by atoms with Gasteiger partial charge < -0.3 is 9.64 Å². The molecule has 0 aromatic rings. The van der Waals surface area contributed by atoms with E-state index in [1.807, 2.05) is 0 Å². The van der Waals surface area contributed by atoms with Gasteiger partial charge in [-0.1, -0.05) is 0 Å². The van der Waals surface area contributed by atoms with Gasteiger partial charge in [0.25, 0.3) is 0 Å². The van der Waals surface area contributed by atoms with Crippen LogP contribution in [0.3, 0.4) is 0 Å². The zero-order chi connectivity index (χ0) is 9.56. The van der Waals surface area contributed by atoms with E-state index in [1.54, 1.807) is 7.05 Å². The lowest BCUT2D eigenvalue weighted by Crippen LogP contribution is -2.32. The maximum Gasteiger partial charge on any atom is 0.325 e. The van der Waals surface area contributed by atoms with E-state index < -0.39 is 5.97 Å². The highest BCUT2D eigenvalue weighted by Crippen LogP contribution is 1.92. The first-order chi connectivity index (χ1) is 5.61. The first-order valence-electron chi connectivity index (χ1n) is 3.53. The van der Waals surface area contributed by atoms with E-state index in [-0.39, 0.29) is 12.5 Å². The molecule has 0 atom stereocenters. The third kappa shape index (κ3) is 4.23. The van der Waals surface area contributed by atoms with Crippen LogP contribution in [0.25, 0.3) is 0 Å². The first kappa shape index (κ1) is 11.3. The molecule has 4 nitrogen and oxygen atoms in total. The van der Waals surface area contributed by atoms with Crippen LogP contribution in [0.15, 0.2) is 0 Å². The number of nitrogens with zero attached hydrogens (tertiary/aromatic N) is 1. The van der Waals surface area contributed by atoms with Crippen LogP contribution in [0.2, 0.25) is 0 Å². The fourth-order valence-corrected chi connectivity index (χ4v) is 0.824. The normalized spacial score (nSPS) is 9.25. The summed E-state index contributed by atoms with van der Waals surface area (Å²) in [6.07, 6.45) is 0.344. The Morgan fingerprint density at radius 1 is 1.50 bits per heavy atom. The zero-order valence-electron chi connectivity index (χ0n) is 7.24. The van der Waals surface area contributed by atoms with E-state index in [2.05, 4.69) is 17.4 Å². The molecule has 0 aliphatic heterocycles. The molecule has 0 rings (SSSR count). The molecule has 1 amide bonds. The van der Waals surface area contributed by atoms with E-state index in [4.69, 9.17) is 0 Å². The fourth-order valence-electron chi connectivity index (χ4n) is 0.633. The van der Waals surface area contributed by atoms with Gasteiger partial charge in [0.05, 0.1) is 7.11 Å². The SMILES string of the molecule is COC(=O)CN(C)C(=O)CCS. The van der Waals surface area contributed by atoms with Crippen molar-refractivity contribution in [3.05, 3.63) is 0 Å². The van der Waals surface area contributed by atoms with Crippen molar-refractivity contribution < 1.29 is 14.3 Å². The van der Waals surface area contributed by atoms with Crippen LogP contribution in [-0.4, -0.2) is 43.2 Å². The Kier molecular flexibility index (Phi) is 5.53. The van der Waals surface area contributed by atoms with Crippen molar-refractivity contribution in [2.24, 2.45) is 0 Å². The molecule has 0 aromatic heterocycles. The molecule has 70 valence electrons. The van der Waals surface area contributed by atoms with Crippen LogP contribution in [0, 0.1) is 0 Å². The number of methoxy groups -OCH3 is 1. The maximum atomic E-state index is 11.1. The van der Waals surface area contributed by atoms with Crippen molar-refractivity contribution in [2.45, 2.75) is 6.42 Å². The van der Waals surface area contributed by atoms with Crippen LogP contribution >= 0.6 is 12.6 Å². The molecule has 0 spiro atoms. The van der Waals surface area contributed by atoms with Crippen molar-refractivity contribution in [1.82, 2.24) is 4.90 Å². The molecule has 0 aliphatic rings. The van der Waals surface area contributed by atoms with Gasteiger partial charge in [-0.2, -0.15) is 12.6 Å². The predicted molar refractivity (Wildman–Crippen MR) is 48.1 cm³/mol. The number of carbonyl (C=O) groups is 2. The molecule has 5 heteroatoms. The predicted octanol–water partition coefficient (Wildman–Crippen LogP) is -0.0623. The number of ether oxygens (including phenoxy) is 1. The Hall–Kier alpha value is -0.710. The topological polar surface area (TPSA) is 46.6 Å². The summed E-state index contributed by atoms with van der Waals surface area (Å²) >= 11 is 3.90. The molecule has 0 aromatic carbocycles. The van der Waals surface area contributed by atoms with Crippen molar-refractivity contribution in [2.75, 3.05) is 26.5 Å². The third-order valence-corrected chi connectivity index (χ3v) is 1.57. The van der Waals surface area contributed by atoms with Gasteiger partial charge in [-0.15, -0.1) is 0 Å². The number of thiol groups is 1. The Bertz CT molecular complexity index is 172. The third-order valence-electron chi connectivity index (χ3n) is 1.35. The van der Waals surface area contributed by atoms with Crippen molar-refractivity contribution in [3.8, 4) is 0 Å². The van der Waals surface area contributed by atoms with E-state index >= 15 is 0 Å². The number of rotatable bonds is 4. The first-order valence-corrected chi connectivity index (χ1v) is 4.16. The molecule has 0 saturated carbocycles. The van der Waals surface area contributed by atoms with Crippen molar-refractivity contribution in [1.29, 1.82) is 0 Å². The molecule has 0 heterocycles. The highest BCUT2D eigenvalue weighted by Gasteiger charge is 2.11. The standard InChI is InChI=1S/C7H13NO3S/c1-8(5-7(10)11-2)6(9)3-4-12/h12H,3-5H2,1-2H3. The lowest BCUT2D eigenvalue weighted by atomic mass is 10.4. The highest BCUT2D eigenvalue weighted by atomic mass is 32.1.